The van der Waals surface area contributed by atoms with E-state index in [1.807, 2.05) is 65.6 Å². The second-order valence-electron chi connectivity index (χ2n) is 4.63. The van der Waals surface area contributed by atoms with E-state index in [1.54, 1.807) is 0 Å². The van der Waals surface area contributed by atoms with Gasteiger partial charge in [0, 0.05) is 17.3 Å². The SMILES string of the molecule is CCC(C)N(C(=O)c1ccccc1)c1ccccc1. The summed E-state index contributed by atoms with van der Waals surface area (Å²) in [5, 5.41) is 0. The molecule has 1 amide bonds. The minimum atomic E-state index is 0.0566. The van der Waals surface area contributed by atoms with E-state index in [4.69, 9.17) is 0 Å². The van der Waals surface area contributed by atoms with Crippen molar-refractivity contribution >= 4 is 11.6 Å². The maximum Gasteiger partial charge on any atom is 0.258 e. The fourth-order valence-electron chi connectivity index (χ4n) is 2.06. The van der Waals surface area contributed by atoms with E-state index in [1.165, 1.54) is 0 Å². The van der Waals surface area contributed by atoms with Crippen molar-refractivity contribution < 1.29 is 4.79 Å². The summed E-state index contributed by atoms with van der Waals surface area (Å²) in [6, 6.07) is 19.5. The van der Waals surface area contributed by atoms with Gasteiger partial charge in [0.1, 0.15) is 0 Å². The lowest BCUT2D eigenvalue weighted by atomic mass is 10.1. The molecule has 2 aromatic carbocycles. The average molecular weight is 253 g/mol. The molecular weight excluding hydrogens is 234 g/mol. The Morgan fingerprint density at radius 2 is 1.53 bits per heavy atom. The van der Waals surface area contributed by atoms with E-state index in [2.05, 4.69) is 13.8 Å². The van der Waals surface area contributed by atoms with E-state index in [9.17, 15) is 4.79 Å². The topological polar surface area (TPSA) is 20.3 Å². The number of anilines is 1. The summed E-state index contributed by atoms with van der Waals surface area (Å²) in [7, 11) is 0. The highest BCUT2D eigenvalue weighted by molar-refractivity contribution is 6.06. The molecular formula is C17H19NO. The quantitative estimate of drug-likeness (QED) is 0.802. The summed E-state index contributed by atoms with van der Waals surface area (Å²) < 4.78 is 0. The molecule has 0 aliphatic carbocycles. The second kappa shape index (κ2) is 6.19. The standard InChI is InChI=1S/C17H19NO/c1-3-14(2)18(16-12-8-5-9-13-16)17(19)15-10-6-4-7-11-15/h4-14H,3H2,1-2H3. The Morgan fingerprint density at radius 3 is 2.05 bits per heavy atom. The maximum absolute atomic E-state index is 12.7. The van der Waals surface area contributed by atoms with Crippen molar-refractivity contribution in [2.24, 2.45) is 0 Å². The van der Waals surface area contributed by atoms with Gasteiger partial charge < -0.3 is 4.90 Å². The lowest BCUT2D eigenvalue weighted by Crippen LogP contribution is -2.38. The van der Waals surface area contributed by atoms with Crippen molar-refractivity contribution in [3.8, 4) is 0 Å². The first-order chi connectivity index (χ1) is 9.24. The Morgan fingerprint density at radius 1 is 1.00 bits per heavy atom. The van der Waals surface area contributed by atoms with Gasteiger partial charge in [0.25, 0.3) is 5.91 Å². The van der Waals surface area contributed by atoms with E-state index >= 15 is 0 Å². The third-order valence-corrected chi connectivity index (χ3v) is 3.31. The summed E-state index contributed by atoms with van der Waals surface area (Å²) in [5.74, 6) is 0.0566. The number of carbonyl (C=O) groups excluding carboxylic acids is 1. The number of benzene rings is 2. The molecule has 0 aromatic heterocycles. The van der Waals surface area contributed by atoms with Crippen LogP contribution in [0, 0.1) is 0 Å². The van der Waals surface area contributed by atoms with Crippen LogP contribution < -0.4 is 4.90 Å². The number of rotatable bonds is 4. The Balaban J connectivity index is 2.37. The highest BCUT2D eigenvalue weighted by Crippen LogP contribution is 2.21. The smallest absolute Gasteiger partial charge is 0.258 e. The fourth-order valence-corrected chi connectivity index (χ4v) is 2.06. The van der Waals surface area contributed by atoms with E-state index in [0.29, 0.717) is 0 Å². The third kappa shape index (κ3) is 3.02. The number of para-hydroxylation sites is 1. The summed E-state index contributed by atoms with van der Waals surface area (Å²) in [4.78, 5) is 14.5. The minimum absolute atomic E-state index is 0.0566. The summed E-state index contributed by atoms with van der Waals surface area (Å²) in [5.41, 5.74) is 1.68. The van der Waals surface area contributed by atoms with Gasteiger partial charge in [0.2, 0.25) is 0 Å². The summed E-state index contributed by atoms with van der Waals surface area (Å²) in [6.45, 7) is 4.17. The lowest BCUT2D eigenvalue weighted by molar-refractivity contribution is 0.0978. The van der Waals surface area contributed by atoms with Crippen LogP contribution in [0.3, 0.4) is 0 Å². The van der Waals surface area contributed by atoms with Crippen molar-refractivity contribution in [1.82, 2.24) is 0 Å². The van der Waals surface area contributed by atoms with Gasteiger partial charge in [-0.15, -0.1) is 0 Å². The molecule has 2 heteroatoms. The highest BCUT2D eigenvalue weighted by Gasteiger charge is 2.21. The second-order valence-corrected chi connectivity index (χ2v) is 4.63. The van der Waals surface area contributed by atoms with Gasteiger partial charge in [-0.2, -0.15) is 0 Å². The molecule has 0 saturated carbocycles. The Kier molecular flexibility index (Phi) is 4.35. The lowest BCUT2D eigenvalue weighted by Gasteiger charge is -2.28. The van der Waals surface area contributed by atoms with E-state index in [-0.39, 0.29) is 11.9 Å². The van der Waals surface area contributed by atoms with Gasteiger partial charge in [-0.1, -0.05) is 43.3 Å². The molecule has 2 rings (SSSR count). The summed E-state index contributed by atoms with van der Waals surface area (Å²) in [6.07, 6.45) is 0.924. The Labute approximate surface area is 114 Å². The van der Waals surface area contributed by atoms with Crippen LogP contribution in [0.15, 0.2) is 60.7 Å². The van der Waals surface area contributed by atoms with Gasteiger partial charge in [-0.3, -0.25) is 4.79 Å². The molecule has 0 aliphatic rings. The molecule has 0 fully saturated rings. The summed E-state index contributed by atoms with van der Waals surface area (Å²) >= 11 is 0. The van der Waals surface area contributed by atoms with Crippen molar-refractivity contribution in [3.05, 3.63) is 66.2 Å². The number of amides is 1. The largest absolute Gasteiger partial charge is 0.306 e. The predicted octanol–water partition coefficient (Wildman–Crippen LogP) is 4.13. The average Bonchev–Trinajstić information content (AvgIpc) is 2.49. The van der Waals surface area contributed by atoms with Crippen LogP contribution in [0.4, 0.5) is 5.69 Å². The molecule has 0 saturated heterocycles. The van der Waals surface area contributed by atoms with Gasteiger partial charge in [-0.25, -0.2) is 0 Å². The highest BCUT2D eigenvalue weighted by atomic mass is 16.2. The van der Waals surface area contributed by atoms with Crippen LogP contribution in [0.25, 0.3) is 0 Å². The van der Waals surface area contributed by atoms with Gasteiger partial charge >= 0.3 is 0 Å². The molecule has 98 valence electrons. The van der Waals surface area contributed by atoms with Gasteiger partial charge in [-0.05, 0) is 37.6 Å². The molecule has 1 atom stereocenters. The van der Waals surface area contributed by atoms with Gasteiger partial charge in [0.05, 0.1) is 0 Å². The number of hydrogen-bond acceptors (Lipinski definition) is 1. The van der Waals surface area contributed by atoms with Crippen molar-refractivity contribution in [1.29, 1.82) is 0 Å². The van der Waals surface area contributed by atoms with Gasteiger partial charge in [0.15, 0.2) is 0 Å². The molecule has 0 aliphatic heterocycles. The molecule has 0 N–H and O–H groups in total. The molecule has 0 radical (unpaired) electrons. The first kappa shape index (κ1) is 13.3. The van der Waals surface area contributed by atoms with Crippen molar-refractivity contribution in [2.45, 2.75) is 26.3 Å². The normalized spacial score (nSPS) is 11.9. The van der Waals surface area contributed by atoms with Crippen molar-refractivity contribution in [3.63, 3.8) is 0 Å². The van der Waals surface area contributed by atoms with E-state index in [0.717, 1.165) is 17.7 Å². The van der Waals surface area contributed by atoms with Crippen LogP contribution >= 0.6 is 0 Å². The first-order valence-corrected chi connectivity index (χ1v) is 6.67. The number of nitrogens with zero attached hydrogens (tertiary/aromatic N) is 1. The molecule has 0 spiro atoms. The third-order valence-electron chi connectivity index (χ3n) is 3.31. The van der Waals surface area contributed by atoms with E-state index < -0.39 is 0 Å². The number of carbonyl (C=O) groups is 1. The molecule has 1 unspecified atom stereocenters. The fraction of sp³-hybridized carbons (Fsp3) is 0.235. The Hall–Kier alpha value is -2.09. The zero-order valence-corrected chi connectivity index (χ0v) is 11.4. The van der Waals surface area contributed by atoms with Crippen LogP contribution in [-0.2, 0) is 0 Å². The number of hydrogen-bond donors (Lipinski definition) is 0. The molecule has 19 heavy (non-hydrogen) atoms. The monoisotopic (exact) mass is 253 g/mol. The zero-order chi connectivity index (χ0) is 13.7. The van der Waals surface area contributed by atoms with Crippen LogP contribution in [-0.4, -0.2) is 11.9 Å². The van der Waals surface area contributed by atoms with Crippen LogP contribution in [0.2, 0.25) is 0 Å². The van der Waals surface area contributed by atoms with Crippen LogP contribution in [0.1, 0.15) is 30.6 Å². The van der Waals surface area contributed by atoms with Crippen molar-refractivity contribution in [2.75, 3.05) is 4.90 Å². The Bertz CT molecular complexity index is 521. The minimum Gasteiger partial charge on any atom is -0.306 e. The molecule has 0 heterocycles. The molecule has 2 nitrogen and oxygen atoms in total. The molecule has 0 bridgehead atoms. The maximum atomic E-state index is 12.7. The van der Waals surface area contributed by atoms with Crippen LogP contribution in [0.5, 0.6) is 0 Å². The first-order valence-electron chi connectivity index (χ1n) is 6.67. The predicted molar refractivity (Wildman–Crippen MR) is 79.4 cm³/mol. The zero-order valence-electron chi connectivity index (χ0n) is 11.4. The molecule has 2 aromatic rings.